The highest BCUT2D eigenvalue weighted by Gasteiger charge is 2.15. The van der Waals surface area contributed by atoms with Crippen LogP contribution in [0.1, 0.15) is 109 Å². The number of rotatable bonds is 10. The molecular weight excluding hydrogens is 840 g/mol. The van der Waals surface area contributed by atoms with Crippen molar-refractivity contribution in [3.8, 4) is 17.5 Å². The minimum Gasteiger partial charge on any atom is -0.409 e. The highest BCUT2D eigenvalue weighted by Crippen LogP contribution is 2.30. The highest BCUT2D eigenvalue weighted by molar-refractivity contribution is 6.63. The Morgan fingerprint density at radius 2 is 1.23 bits per heavy atom. The quantitative estimate of drug-likeness (QED) is 0.0336. The summed E-state index contributed by atoms with van der Waals surface area (Å²) in [6, 6.07) is 22.4. The number of halogens is 1. The second-order valence-electron chi connectivity index (χ2n) is 15.7. The molecule has 0 saturated heterocycles. The van der Waals surface area contributed by atoms with Gasteiger partial charge in [0.1, 0.15) is 6.07 Å². The Kier molecular flexibility index (Phi) is 23.2. The number of nitriles is 1. The number of nitrogens with zero attached hydrogens (tertiary/aromatic N) is 8. The summed E-state index contributed by atoms with van der Waals surface area (Å²) in [6.45, 7) is 31.3. The summed E-state index contributed by atoms with van der Waals surface area (Å²) < 4.78 is 11.6. The second-order valence-corrected chi connectivity index (χ2v) is 16.2. The Morgan fingerprint density at radius 1 is 0.785 bits per heavy atom. The van der Waals surface area contributed by atoms with Crippen molar-refractivity contribution in [1.82, 2.24) is 28.7 Å². The van der Waals surface area contributed by atoms with Crippen LogP contribution >= 0.6 is 11.6 Å². The standard InChI is InChI=1S/C15H17N3O.C12H15N3O.C12H12N2.C8H19N.C3H5ClO.H3NO/c1-4-14-16-15(17-19-14)12-9-18(5-2)13-8-10(3)6-7-11(12)13;1-3-15-7-10(12(13)14-16)9-5-4-8(2)6-11(9)15;1-3-14-8-10(7-13)11-5-4-9(2)6-12(11)14;1-6-9(7(2)3)8(4)5;1-2-3(4)5;1-2/h6-9H,4-5H2,1-3H3;4-7,16H,3H2,1-2H3,(H2,13,14);4-6,8H,3H2,1-2H3;7-8H,6H2,1-5H3;2H2,1H3;2H,1H2. The Bertz CT molecular complexity index is 2620. The van der Waals surface area contributed by atoms with Crippen molar-refractivity contribution in [3.63, 3.8) is 0 Å². The van der Waals surface area contributed by atoms with Crippen molar-refractivity contribution >= 4 is 55.4 Å². The van der Waals surface area contributed by atoms with E-state index < -0.39 is 0 Å². The lowest BCUT2D eigenvalue weighted by Crippen LogP contribution is -2.36. The average molecular weight is 912 g/mol. The molecule has 0 aliphatic rings. The average Bonchev–Trinajstić information content (AvgIpc) is 4.10. The molecule has 65 heavy (non-hydrogen) atoms. The van der Waals surface area contributed by atoms with Gasteiger partial charge in [0.25, 0.3) is 0 Å². The van der Waals surface area contributed by atoms with Crippen LogP contribution in [-0.4, -0.2) is 68.9 Å². The fourth-order valence-electron chi connectivity index (χ4n) is 7.35. The van der Waals surface area contributed by atoms with Crippen LogP contribution in [0.15, 0.2) is 82.9 Å². The predicted molar refractivity (Wildman–Crippen MR) is 267 cm³/mol. The van der Waals surface area contributed by atoms with Crippen LogP contribution in [0.25, 0.3) is 44.1 Å². The third-order valence-electron chi connectivity index (χ3n) is 10.6. The fourth-order valence-corrected chi connectivity index (χ4v) is 7.35. The van der Waals surface area contributed by atoms with Crippen molar-refractivity contribution in [3.05, 3.63) is 107 Å². The van der Waals surface area contributed by atoms with E-state index in [4.69, 9.17) is 37.5 Å². The first-order chi connectivity index (χ1) is 31.0. The molecule has 0 atom stereocenters. The third-order valence-corrected chi connectivity index (χ3v) is 10.9. The van der Waals surface area contributed by atoms with Gasteiger partial charge in [0.15, 0.2) is 5.84 Å². The van der Waals surface area contributed by atoms with Crippen molar-refractivity contribution in [2.75, 3.05) is 6.54 Å². The zero-order chi connectivity index (χ0) is 49.0. The highest BCUT2D eigenvalue weighted by atomic mass is 35.5. The molecule has 4 aromatic heterocycles. The first kappa shape index (κ1) is 55.2. The largest absolute Gasteiger partial charge is 0.409 e. The molecule has 352 valence electrons. The molecule has 0 radical (unpaired) electrons. The van der Waals surface area contributed by atoms with Crippen molar-refractivity contribution in [2.24, 2.45) is 16.8 Å². The van der Waals surface area contributed by atoms with E-state index in [9.17, 15) is 4.79 Å². The summed E-state index contributed by atoms with van der Waals surface area (Å²) >= 11 is 4.82. The topological polar surface area (TPSA) is 203 Å². The summed E-state index contributed by atoms with van der Waals surface area (Å²) in [7, 11) is 0. The maximum absolute atomic E-state index is 9.58. The van der Waals surface area contributed by atoms with Gasteiger partial charge >= 0.3 is 0 Å². The van der Waals surface area contributed by atoms with E-state index >= 15 is 0 Å². The number of fused-ring (bicyclic) bond motifs is 3. The number of aryl methyl sites for hydroxylation is 7. The second kappa shape index (κ2) is 27.4. The van der Waals surface area contributed by atoms with Gasteiger partial charge in [-0.25, -0.2) is 5.90 Å². The van der Waals surface area contributed by atoms with E-state index in [1.165, 1.54) is 27.6 Å². The molecule has 15 heteroatoms. The van der Waals surface area contributed by atoms with Crippen molar-refractivity contribution < 1.29 is 19.7 Å². The molecule has 14 nitrogen and oxygen atoms in total. The van der Waals surface area contributed by atoms with Gasteiger partial charge in [0.2, 0.25) is 17.0 Å². The number of hydrogen-bond donors (Lipinski definition) is 4. The van der Waals surface area contributed by atoms with Crippen LogP contribution in [0.3, 0.4) is 0 Å². The number of amidine groups is 1. The molecule has 7 rings (SSSR count). The van der Waals surface area contributed by atoms with Crippen LogP contribution in [0.4, 0.5) is 0 Å². The van der Waals surface area contributed by atoms with Gasteiger partial charge in [0.05, 0.1) is 5.56 Å². The molecule has 0 aliphatic carbocycles. The Balaban J connectivity index is 0.000000291. The van der Waals surface area contributed by atoms with E-state index in [1.807, 2.05) is 43.6 Å². The molecule has 0 bridgehead atoms. The first-order valence-corrected chi connectivity index (χ1v) is 22.6. The lowest BCUT2D eigenvalue weighted by Gasteiger charge is -2.28. The third kappa shape index (κ3) is 15.0. The number of carbonyl (C=O) groups excluding carboxylic acids is 1. The summed E-state index contributed by atoms with van der Waals surface area (Å²) in [5.74, 6) is 5.01. The van der Waals surface area contributed by atoms with E-state index in [2.05, 4.69) is 159 Å². The van der Waals surface area contributed by atoms with Gasteiger partial charge in [-0.15, -0.1) is 0 Å². The zero-order valence-corrected chi connectivity index (χ0v) is 41.4. The van der Waals surface area contributed by atoms with E-state index in [0.29, 0.717) is 30.2 Å². The van der Waals surface area contributed by atoms with E-state index in [-0.39, 0.29) is 11.1 Å². The minimum atomic E-state index is -0.273. The van der Waals surface area contributed by atoms with Gasteiger partial charge in [0, 0.05) is 107 Å². The summed E-state index contributed by atoms with van der Waals surface area (Å²) in [5, 5.41) is 34.3. The van der Waals surface area contributed by atoms with E-state index in [0.717, 1.165) is 71.1 Å². The minimum absolute atomic E-state index is 0.154. The molecule has 4 heterocycles. The molecule has 0 fully saturated rings. The number of carbonyl (C=O) groups is 1. The summed E-state index contributed by atoms with van der Waals surface area (Å²) in [6.07, 6.45) is 7.14. The molecule has 7 aromatic rings. The number of nitrogens with two attached hydrogens (primary N) is 2. The molecule has 3 aromatic carbocycles. The monoisotopic (exact) mass is 911 g/mol. The smallest absolute Gasteiger partial charge is 0.226 e. The Hall–Kier alpha value is -5.98. The van der Waals surface area contributed by atoms with Crippen LogP contribution in [0, 0.1) is 32.1 Å². The first-order valence-electron chi connectivity index (χ1n) is 22.2. The molecule has 0 amide bonds. The molecule has 0 aliphatic heterocycles. The zero-order valence-electron chi connectivity index (χ0n) is 40.6. The molecule has 6 N–H and O–H groups in total. The number of aromatic nitrogens is 5. The van der Waals surface area contributed by atoms with Crippen LogP contribution in [-0.2, 0) is 30.8 Å². The van der Waals surface area contributed by atoms with Gasteiger partial charge in [-0.3, -0.25) is 9.69 Å². The molecule has 0 unspecified atom stereocenters. The van der Waals surface area contributed by atoms with Crippen LogP contribution in [0.5, 0.6) is 0 Å². The lowest BCUT2D eigenvalue weighted by atomic mass is 10.1. The summed E-state index contributed by atoms with van der Waals surface area (Å²) in [4.78, 5) is 16.5. The SMILES string of the molecule is CCC(=O)Cl.CCN(C(C)C)C(C)C.CCc1nc(-c2cn(CC)c3cc(C)ccc23)no1.CCn1cc(C#N)c2ccc(C)cc21.CCn1cc(C(N)=NO)c2ccc(C)cc21.NO. The molecule has 0 spiro atoms. The summed E-state index contributed by atoms with van der Waals surface area (Å²) in [5.41, 5.74) is 15.4. The van der Waals surface area contributed by atoms with Gasteiger partial charge in [-0.05, 0) is 122 Å². The fraction of sp³-hybridized carbons (Fsp3) is 0.420. The van der Waals surface area contributed by atoms with Gasteiger partial charge in [-0.1, -0.05) is 67.5 Å². The van der Waals surface area contributed by atoms with Crippen LogP contribution < -0.4 is 11.6 Å². The molecule has 0 saturated carbocycles. The number of hydrogen-bond acceptors (Lipinski definition) is 10. The lowest BCUT2D eigenvalue weighted by molar-refractivity contribution is -0.111. The predicted octanol–water partition coefficient (Wildman–Crippen LogP) is 11.1. The molecular formula is C50H71ClN10O4. The van der Waals surface area contributed by atoms with E-state index in [1.54, 1.807) is 6.92 Å². The van der Waals surface area contributed by atoms with Gasteiger partial charge < -0.3 is 34.4 Å². The Labute approximate surface area is 390 Å². The normalized spacial score (nSPS) is 10.9. The maximum Gasteiger partial charge on any atom is 0.226 e. The maximum atomic E-state index is 9.58. The number of benzene rings is 3. The van der Waals surface area contributed by atoms with Crippen molar-refractivity contribution in [2.45, 2.75) is 135 Å². The Morgan fingerprint density at radius 3 is 1.63 bits per heavy atom. The number of oxime groups is 1. The van der Waals surface area contributed by atoms with Crippen LogP contribution in [0.2, 0.25) is 0 Å². The van der Waals surface area contributed by atoms with Crippen molar-refractivity contribution in [1.29, 1.82) is 5.26 Å². The van der Waals surface area contributed by atoms with Gasteiger partial charge in [-0.2, -0.15) is 10.2 Å².